The van der Waals surface area contributed by atoms with Crippen LogP contribution in [0, 0.1) is 17.6 Å². The molecule has 4 heteroatoms. The van der Waals surface area contributed by atoms with Gasteiger partial charge in [-0.1, -0.05) is 13.3 Å². The number of hydrogen-bond acceptors (Lipinski definition) is 2. The number of ketones is 1. The standard InChI is InChI=1S/C15H19F2NO/c1-2-11-3-5-18(10-11)6-4-15(19)12-7-13(16)9-14(17)8-12/h7-9,11H,2-6,10H2,1H3. The van der Waals surface area contributed by atoms with Crippen LogP contribution >= 0.6 is 0 Å². The second kappa shape index (κ2) is 6.24. The first-order valence-corrected chi connectivity index (χ1v) is 6.80. The van der Waals surface area contributed by atoms with Gasteiger partial charge in [-0.2, -0.15) is 0 Å². The van der Waals surface area contributed by atoms with Crippen LogP contribution in [0.2, 0.25) is 0 Å². The number of hydrogen-bond donors (Lipinski definition) is 0. The number of halogens is 2. The smallest absolute Gasteiger partial charge is 0.164 e. The highest BCUT2D eigenvalue weighted by molar-refractivity contribution is 5.96. The molecule has 1 aromatic carbocycles. The normalized spacial score (nSPS) is 19.8. The van der Waals surface area contributed by atoms with Crippen LogP contribution in [0.4, 0.5) is 8.78 Å². The molecule has 1 unspecified atom stereocenters. The number of carbonyl (C=O) groups excluding carboxylic acids is 1. The lowest BCUT2D eigenvalue weighted by molar-refractivity contribution is 0.0967. The van der Waals surface area contributed by atoms with E-state index in [0.717, 1.165) is 37.2 Å². The van der Waals surface area contributed by atoms with Crippen molar-refractivity contribution in [3.63, 3.8) is 0 Å². The summed E-state index contributed by atoms with van der Waals surface area (Å²) in [5.74, 6) is -0.869. The molecule has 0 amide bonds. The van der Waals surface area contributed by atoms with E-state index < -0.39 is 11.6 Å². The predicted molar refractivity (Wildman–Crippen MR) is 70.1 cm³/mol. The SMILES string of the molecule is CCC1CCN(CCC(=O)c2cc(F)cc(F)c2)C1. The van der Waals surface area contributed by atoms with Crippen LogP contribution in [0.25, 0.3) is 0 Å². The molecule has 1 heterocycles. The molecule has 0 saturated carbocycles. The Hall–Kier alpha value is -1.29. The van der Waals surface area contributed by atoms with Crippen molar-refractivity contribution in [1.82, 2.24) is 4.90 Å². The van der Waals surface area contributed by atoms with Crippen LogP contribution in [0.1, 0.15) is 36.5 Å². The van der Waals surface area contributed by atoms with Gasteiger partial charge >= 0.3 is 0 Å². The van der Waals surface area contributed by atoms with Gasteiger partial charge in [-0.15, -0.1) is 0 Å². The lowest BCUT2D eigenvalue weighted by Gasteiger charge is -2.14. The second-order valence-corrected chi connectivity index (χ2v) is 5.19. The Morgan fingerprint density at radius 2 is 2.00 bits per heavy atom. The van der Waals surface area contributed by atoms with Gasteiger partial charge in [0.25, 0.3) is 0 Å². The highest BCUT2D eigenvalue weighted by Gasteiger charge is 2.21. The number of carbonyl (C=O) groups is 1. The maximum atomic E-state index is 13.0. The number of Topliss-reactive ketones (excluding diaryl/α,β-unsaturated/α-hetero) is 1. The van der Waals surface area contributed by atoms with Gasteiger partial charge in [0, 0.05) is 31.1 Å². The summed E-state index contributed by atoms with van der Waals surface area (Å²) >= 11 is 0. The van der Waals surface area contributed by atoms with Gasteiger partial charge in [0.05, 0.1) is 0 Å². The van der Waals surface area contributed by atoms with Gasteiger partial charge in [0.15, 0.2) is 5.78 Å². The molecule has 1 saturated heterocycles. The molecule has 2 nitrogen and oxygen atoms in total. The van der Waals surface area contributed by atoms with E-state index in [9.17, 15) is 13.6 Å². The summed E-state index contributed by atoms with van der Waals surface area (Å²) in [6.45, 7) is 4.90. The summed E-state index contributed by atoms with van der Waals surface area (Å²) in [5, 5.41) is 0. The van der Waals surface area contributed by atoms with E-state index >= 15 is 0 Å². The van der Waals surface area contributed by atoms with Gasteiger partial charge in [-0.25, -0.2) is 8.78 Å². The van der Waals surface area contributed by atoms with Crippen molar-refractivity contribution in [2.24, 2.45) is 5.92 Å². The maximum Gasteiger partial charge on any atom is 0.164 e. The summed E-state index contributed by atoms with van der Waals surface area (Å²) in [4.78, 5) is 14.1. The molecule has 0 aliphatic carbocycles. The van der Waals surface area contributed by atoms with E-state index in [1.807, 2.05) is 0 Å². The van der Waals surface area contributed by atoms with Crippen LogP contribution in [-0.4, -0.2) is 30.3 Å². The molecule has 19 heavy (non-hydrogen) atoms. The fraction of sp³-hybridized carbons (Fsp3) is 0.533. The molecule has 0 aromatic heterocycles. The molecule has 1 aliphatic heterocycles. The van der Waals surface area contributed by atoms with Gasteiger partial charge in [-0.3, -0.25) is 4.79 Å². The predicted octanol–water partition coefficient (Wildman–Crippen LogP) is 3.27. The Labute approximate surface area is 112 Å². The minimum atomic E-state index is -0.699. The molecule has 0 bridgehead atoms. The van der Waals surface area contributed by atoms with Crippen LogP contribution in [0.3, 0.4) is 0 Å². The third-order valence-corrected chi connectivity index (χ3v) is 3.79. The molecule has 1 aromatic rings. The van der Waals surface area contributed by atoms with E-state index in [2.05, 4.69) is 11.8 Å². The molecule has 0 radical (unpaired) electrons. The van der Waals surface area contributed by atoms with Crippen molar-refractivity contribution in [3.8, 4) is 0 Å². The minimum Gasteiger partial charge on any atom is -0.303 e. The van der Waals surface area contributed by atoms with Crippen LogP contribution in [0.5, 0.6) is 0 Å². The molecule has 0 spiro atoms. The minimum absolute atomic E-state index is 0.128. The van der Waals surface area contributed by atoms with Crippen molar-refractivity contribution >= 4 is 5.78 Å². The number of benzene rings is 1. The quantitative estimate of drug-likeness (QED) is 0.763. The van der Waals surface area contributed by atoms with Crippen molar-refractivity contribution in [1.29, 1.82) is 0 Å². The Bertz CT molecular complexity index is 441. The first-order valence-electron chi connectivity index (χ1n) is 6.80. The average molecular weight is 267 g/mol. The van der Waals surface area contributed by atoms with Gasteiger partial charge in [0.1, 0.15) is 11.6 Å². The summed E-state index contributed by atoms with van der Waals surface area (Å²) in [6.07, 6.45) is 2.66. The molecule has 104 valence electrons. The van der Waals surface area contributed by atoms with E-state index in [4.69, 9.17) is 0 Å². The highest BCUT2D eigenvalue weighted by atomic mass is 19.1. The zero-order chi connectivity index (χ0) is 13.8. The van der Waals surface area contributed by atoms with Crippen molar-refractivity contribution in [2.75, 3.05) is 19.6 Å². The molecule has 1 atom stereocenters. The fourth-order valence-corrected chi connectivity index (χ4v) is 2.57. The largest absolute Gasteiger partial charge is 0.303 e. The molecule has 2 rings (SSSR count). The third kappa shape index (κ3) is 3.83. The summed E-state index contributed by atoms with van der Waals surface area (Å²) in [6, 6.07) is 2.98. The number of nitrogens with zero attached hydrogens (tertiary/aromatic N) is 1. The summed E-state index contributed by atoms with van der Waals surface area (Å²) in [5.41, 5.74) is 0.128. The summed E-state index contributed by atoms with van der Waals surface area (Å²) < 4.78 is 26.0. The monoisotopic (exact) mass is 267 g/mol. The Morgan fingerprint density at radius 3 is 2.58 bits per heavy atom. The molecular formula is C15H19F2NO. The molecular weight excluding hydrogens is 248 g/mol. The Kier molecular flexibility index (Phi) is 4.64. The van der Waals surface area contributed by atoms with Crippen LogP contribution < -0.4 is 0 Å². The van der Waals surface area contributed by atoms with E-state index in [1.165, 1.54) is 12.8 Å². The molecule has 1 aliphatic rings. The lowest BCUT2D eigenvalue weighted by Crippen LogP contribution is -2.24. The Balaban J connectivity index is 1.87. The van der Waals surface area contributed by atoms with E-state index in [0.29, 0.717) is 13.0 Å². The van der Waals surface area contributed by atoms with Crippen LogP contribution in [-0.2, 0) is 0 Å². The fourth-order valence-electron chi connectivity index (χ4n) is 2.57. The number of rotatable bonds is 5. The first kappa shape index (κ1) is 14.1. The maximum absolute atomic E-state index is 13.0. The van der Waals surface area contributed by atoms with Crippen molar-refractivity contribution in [2.45, 2.75) is 26.2 Å². The number of likely N-dealkylation sites (tertiary alicyclic amines) is 1. The first-order chi connectivity index (χ1) is 9.08. The van der Waals surface area contributed by atoms with Gasteiger partial charge < -0.3 is 4.90 Å². The van der Waals surface area contributed by atoms with E-state index in [-0.39, 0.29) is 11.3 Å². The average Bonchev–Trinajstić information content (AvgIpc) is 2.82. The van der Waals surface area contributed by atoms with Crippen molar-refractivity contribution < 1.29 is 13.6 Å². The Morgan fingerprint density at radius 1 is 1.32 bits per heavy atom. The highest BCUT2D eigenvalue weighted by Crippen LogP contribution is 2.19. The zero-order valence-corrected chi connectivity index (χ0v) is 11.2. The molecule has 1 fully saturated rings. The van der Waals surface area contributed by atoms with Gasteiger partial charge in [-0.05, 0) is 31.0 Å². The molecule has 0 N–H and O–H groups in total. The summed E-state index contributed by atoms with van der Waals surface area (Å²) in [7, 11) is 0. The second-order valence-electron chi connectivity index (χ2n) is 5.19. The topological polar surface area (TPSA) is 20.3 Å². The van der Waals surface area contributed by atoms with E-state index in [1.54, 1.807) is 0 Å². The zero-order valence-electron chi connectivity index (χ0n) is 11.2. The van der Waals surface area contributed by atoms with Crippen molar-refractivity contribution in [3.05, 3.63) is 35.4 Å². The third-order valence-electron chi connectivity index (χ3n) is 3.79. The lowest BCUT2D eigenvalue weighted by atomic mass is 10.1. The van der Waals surface area contributed by atoms with Crippen LogP contribution in [0.15, 0.2) is 18.2 Å². The van der Waals surface area contributed by atoms with Gasteiger partial charge in [0.2, 0.25) is 0 Å².